The molecule has 27 heavy (non-hydrogen) atoms. The third kappa shape index (κ3) is 10.6. The summed E-state index contributed by atoms with van der Waals surface area (Å²) in [6, 6.07) is -0.845. The summed E-state index contributed by atoms with van der Waals surface area (Å²) in [5.74, 6) is -1.20. The van der Waals surface area contributed by atoms with Crippen LogP contribution in [0.4, 0.5) is 0 Å². The van der Waals surface area contributed by atoms with Gasteiger partial charge in [0.05, 0.1) is 6.02 Å². The largest absolute Gasteiger partial charge is 2.00 e. The van der Waals surface area contributed by atoms with Crippen LogP contribution in [-0.2, 0) is 31.2 Å². The van der Waals surface area contributed by atoms with Gasteiger partial charge in [0.1, 0.15) is 5.41 Å². The van der Waals surface area contributed by atoms with Gasteiger partial charge >= 0.3 is 46.6 Å². The van der Waals surface area contributed by atoms with Gasteiger partial charge < -0.3 is 24.8 Å². The van der Waals surface area contributed by atoms with Crippen molar-refractivity contribution in [1.82, 2.24) is 5.32 Å². The number of unbranched alkanes of at least 4 members (excludes halogenated alkanes) is 2. The number of carbonyl (C=O) groups excluding carboxylic acids is 2. The van der Waals surface area contributed by atoms with Crippen molar-refractivity contribution in [1.29, 1.82) is 0 Å². The van der Waals surface area contributed by atoms with Crippen LogP contribution in [-0.4, -0.2) is 24.0 Å². The number of rotatable bonds is 8. The van der Waals surface area contributed by atoms with Crippen LogP contribution in [0.3, 0.4) is 0 Å². The Morgan fingerprint density at radius 2 is 1.70 bits per heavy atom. The zero-order valence-electron chi connectivity index (χ0n) is 16.7. The van der Waals surface area contributed by atoms with E-state index in [2.05, 4.69) is 10.3 Å². The molecule has 0 radical (unpaired) electrons. The van der Waals surface area contributed by atoms with Gasteiger partial charge in [-0.3, -0.25) is 9.59 Å². The third-order valence-corrected chi connectivity index (χ3v) is 5.23. The SMILES string of the molecule is CCCC(C)C1(CC)C(=O)N=C([O-])NC1=O.CCCCCP(=O)([O-])[O-].[Fe+2].[Na+]. The maximum absolute atomic E-state index is 11.9. The summed E-state index contributed by atoms with van der Waals surface area (Å²) in [5, 5.41) is 13.1. The van der Waals surface area contributed by atoms with E-state index >= 15 is 0 Å². The molecule has 0 spiro atoms. The fraction of sp³-hybridized carbons (Fsp3) is 0.812. The Morgan fingerprint density at radius 1 is 1.15 bits per heavy atom. The van der Waals surface area contributed by atoms with Crippen LogP contribution in [0.1, 0.15) is 66.2 Å². The van der Waals surface area contributed by atoms with Gasteiger partial charge in [0.25, 0.3) is 5.91 Å². The number of hydrogen-bond acceptors (Lipinski definition) is 6. The van der Waals surface area contributed by atoms with Crippen molar-refractivity contribution in [3.05, 3.63) is 0 Å². The molecule has 0 aromatic heterocycles. The number of nitrogens with one attached hydrogen (secondary N) is 1. The van der Waals surface area contributed by atoms with E-state index in [9.17, 15) is 29.0 Å². The number of carbonyl (C=O) groups is 2. The van der Waals surface area contributed by atoms with E-state index in [0.29, 0.717) is 12.8 Å². The van der Waals surface area contributed by atoms with Gasteiger partial charge in [0, 0.05) is 0 Å². The van der Waals surface area contributed by atoms with E-state index in [4.69, 9.17) is 0 Å². The Balaban J connectivity index is -0.000000456. The first kappa shape index (κ1) is 32.0. The van der Waals surface area contributed by atoms with Crippen LogP contribution in [0.2, 0.25) is 0 Å². The molecule has 1 aliphatic heterocycles. The molecule has 152 valence electrons. The second-order valence-electron chi connectivity index (χ2n) is 6.23. The number of nitrogens with zero attached hydrogens (tertiary/aromatic N) is 1. The predicted molar refractivity (Wildman–Crippen MR) is 89.4 cm³/mol. The molecule has 0 fully saturated rings. The second-order valence-corrected chi connectivity index (χ2v) is 7.90. The monoisotopic (exact) mass is 454 g/mol. The smallest absolute Gasteiger partial charge is 0.846 e. The van der Waals surface area contributed by atoms with Gasteiger partial charge in [-0.25, -0.2) is 4.99 Å². The van der Waals surface area contributed by atoms with E-state index in [1.54, 1.807) is 6.92 Å². The molecule has 0 aromatic rings. The van der Waals surface area contributed by atoms with Crippen LogP contribution < -0.4 is 49.8 Å². The molecular formula is C16H28FeN2NaO6P. The average Bonchev–Trinajstić information content (AvgIpc) is 2.47. The van der Waals surface area contributed by atoms with Gasteiger partial charge in [-0.05, 0) is 31.3 Å². The van der Waals surface area contributed by atoms with Crippen molar-refractivity contribution < 1.29 is 75.7 Å². The number of hydrogen-bond donors (Lipinski definition) is 1. The Labute approximate surface area is 194 Å². The number of amidine groups is 1. The molecule has 2 atom stereocenters. The number of aliphatic imine (C=N–C) groups is 1. The van der Waals surface area contributed by atoms with Gasteiger partial charge in [0.15, 0.2) is 0 Å². The minimum atomic E-state index is -4.20. The topological polar surface area (TPSA) is 145 Å². The van der Waals surface area contributed by atoms with E-state index < -0.39 is 30.8 Å². The Morgan fingerprint density at radius 3 is 2.07 bits per heavy atom. The summed E-state index contributed by atoms with van der Waals surface area (Å²) in [7, 11) is -4.20. The van der Waals surface area contributed by atoms with Crippen molar-refractivity contribution >= 4 is 25.4 Å². The van der Waals surface area contributed by atoms with Crippen molar-refractivity contribution in [3.8, 4) is 0 Å². The zero-order chi connectivity index (χ0) is 19.7. The zero-order valence-corrected chi connectivity index (χ0v) is 20.7. The summed E-state index contributed by atoms with van der Waals surface area (Å²) >= 11 is 0. The molecule has 2 amide bonds. The first-order chi connectivity index (χ1) is 11.5. The first-order valence-corrected chi connectivity index (χ1v) is 10.4. The molecule has 0 aromatic carbocycles. The van der Waals surface area contributed by atoms with Crippen LogP contribution in [0.15, 0.2) is 4.99 Å². The minimum absolute atomic E-state index is 0. The average molecular weight is 454 g/mol. The fourth-order valence-corrected chi connectivity index (χ4v) is 3.47. The summed E-state index contributed by atoms with van der Waals surface area (Å²) in [6.45, 7) is 7.58. The summed E-state index contributed by atoms with van der Waals surface area (Å²) in [6.07, 6.45) is 4.12. The number of amides is 2. The van der Waals surface area contributed by atoms with Crippen LogP contribution in [0.25, 0.3) is 0 Å². The molecule has 2 unspecified atom stereocenters. The minimum Gasteiger partial charge on any atom is -0.846 e. The predicted octanol–water partition coefficient (Wildman–Crippen LogP) is -2.72. The first-order valence-electron chi connectivity index (χ1n) is 8.67. The third-order valence-electron chi connectivity index (χ3n) is 4.37. The Bertz CT molecular complexity index is 543. The van der Waals surface area contributed by atoms with Crippen molar-refractivity contribution in [2.75, 3.05) is 6.16 Å². The fourth-order valence-electron chi connectivity index (χ4n) is 2.86. The van der Waals surface area contributed by atoms with E-state index in [1.807, 2.05) is 20.8 Å². The van der Waals surface area contributed by atoms with Gasteiger partial charge in [0.2, 0.25) is 5.91 Å². The van der Waals surface area contributed by atoms with Crippen LogP contribution in [0, 0.1) is 11.3 Å². The Hall–Kier alpha value is 0.279. The van der Waals surface area contributed by atoms with Crippen molar-refractivity contribution in [2.24, 2.45) is 16.3 Å². The molecule has 0 saturated heterocycles. The van der Waals surface area contributed by atoms with Gasteiger partial charge in [-0.15, -0.1) is 0 Å². The quantitative estimate of drug-likeness (QED) is 0.183. The van der Waals surface area contributed by atoms with Gasteiger partial charge in [-0.1, -0.05) is 54.6 Å². The van der Waals surface area contributed by atoms with Crippen LogP contribution in [0.5, 0.6) is 0 Å². The molecular weight excluding hydrogens is 426 g/mol. The standard InChI is InChI=1S/C11H18N2O3.C5H13O3P.Fe.Na/c1-4-6-7(3)11(5-2)8(14)12-10(16)13-9(11)15;1-2-3-4-5-9(6,7)8;;/h7H,4-6H2,1-3H3,(H2,12,13,14,15,16);2-5H2,1H3,(H2,6,7,8);;/q;;+2;+1/p-3. The van der Waals surface area contributed by atoms with E-state index in [0.717, 1.165) is 25.7 Å². The summed E-state index contributed by atoms with van der Waals surface area (Å²) in [5.41, 5.74) is -1.15. The molecule has 0 aliphatic carbocycles. The molecule has 1 aliphatic rings. The van der Waals surface area contributed by atoms with Crippen LogP contribution >= 0.6 is 7.60 Å². The molecule has 8 nitrogen and oxygen atoms in total. The molecule has 11 heteroatoms. The maximum atomic E-state index is 11.9. The van der Waals surface area contributed by atoms with E-state index in [1.165, 1.54) is 0 Å². The summed E-state index contributed by atoms with van der Waals surface area (Å²) < 4.78 is 9.98. The molecule has 1 heterocycles. The van der Waals surface area contributed by atoms with Crippen molar-refractivity contribution in [3.63, 3.8) is 0 Å². The maximum Gasteiger partial charge on any atom is 2.00 e. The molecule has 0 bridgehead atoms. The van der Waals surface area contributed by atoms with Crippen molar-refractivity contribution in [2.45, 2.75) is 66.2 Å². The van der Waals surface area contributed by atoms with Gasteiger partial charge in [-0.2, -0.15) is 0 Å². The second kappa shape index (κ2) is 15.2. The summed E-state index contributed by atoms with van der Waals surface area (Å²) in [4.78, 5) is 47.0. The molecule has 0 saturated carbocycles. The Kier molecular flexibility index (Phi) is 17.9. The molecule has 1 N–H and O–H groups in total. The molecule has 1 rings (SSSR count). The van der Waals surface area contributed by atoms with E-state index in [-0.39, 0.29) is 58.7 Å². The normalized spacial score (nSPS) is 20.1.